The second-order valence-corrected chi connectivity index (χ2v) is 6.33. The normalized spacial score (nSPS) is 17.1. The van der Waals surface area contributed by atoms with Gasteiger partial charge in [0.2, 0.25) is 0 Å². The van der Waals surface area contributed by atoms with Crippen LogP contribution in [0.5, 0.6) is 0 Å². The molecule has 0 radical (unpaired) electrons. The van der Waals surface area contributed by atoms with Crippen LogP contribution in [0, 0.1) is 0 Å². The highest BCUT2D eigenvalue weighted by Crippen LogP contribution is 2.22. The molecule has 1 saturated heterocycles. The van der Waals surface area contributed by atoms with Crippen molar-refractivity contribution in [1.29, 1.82) is 0 Å². The first-order valence-electron chi connectivity index (χ1n) is 8.74. The molecule has 0 bridgehead atoms. The summed E-state index contributed by atoms with van der Waals surface area (Å²) in [6, 6.07) is 14.6. The standard InChI is InChI=1S/C19H22N6/c1-2-6-17(7-3-1)25-15-16(13-22-25)12-20-14-18-8-5-11-24(18)19-9-4-10-21-23-19/h1-4,6-7,9-10,13,15,18,20H,5,8,11-12,14H2/t18-/m0/s1. The summed E-state index contributed by atoms with van der Waals surface area (Å²) in [7, 11) is 0. The minimum Gasteiger partial charge on any atom is -0.351 e. The van der Waals surface area contributed by atoms with Crippen LogP contribution < -0.4 is 10.2 Å². The van der Waals surface area contributed by atoms with Crippen LogP contribution >= 0.6 is 0 Å². The first kappa shape index (κ1) is 15.8. The molecule has 0 aliphatic carbocycles. The zero-order valence-corrected chi connectivity index (χ0v) is 14.1. The molecule has 6 nitrogen and oxygen atoms in total. The second kappa shape index (κ2) is 7.44. The Bertz CT molecular complexity index is 786. The van der Waals surface area contributed by atoms with Gasteiger partial charge in [-0.25, -0.2) is 4.68 Å². The average Bonchev–Trinajstić information content (AvgIpc) is 3.33. The number of aromatic nitrogens is 4. The molecule has 0 amide bonds. The number of hydrogen-bond donors (Lipinski definition) is 1. The Kier molecular flexibility index (Phi) is 4.70. The van der Waals surface area contributed by atoms with Gasteiger partial charge in [0, 0.05) is 43.6 Å². The number of anilines is 1. The van der Waals surface area contributed by atoms with Gasteiger partial charge in [-0.05, 0) is 37.1 Å². The van der Waals surface area contributed by atoms with Crippen molar-refractivity contribution in [3.63, 3.8) is 0 Å². The van der Waals surface area contributed by atoms with Gasteiger partial charge in [-0.15, -0.1) is 5.10 Å². The third kappa shape index (κ3) is 3.69. The van der Waals surface area contributed by atoms with Crippen LogP contribution in [0.25, 0.3) is 5.69 Å². The predicted octanol–water partition coefficient (Wildman–Crippen LogP) is 2.42. The second-order valence-electron chi connectivity index (χ2n) is 6.33. The topological polar surface area (TPSA) is 58.9 Å². The Hall–Kier alpha value is -2.73. The molecular weight excluding hydrogens is 312 g/mol. The van der Waals surface area contributed by atoms with Crippen molar-refractivity contribution in [3.05, 3.63) is 66.6 Å². The smallest absolute Gasteiger partial charge is 0.151 e. The summed E-state index contributed by atoms with van der Waals surface area (Å²) in [5.41, 5.74) is 2.27. The van der Waals surface area contributed by atoms with Crippen molar-refractivity contribution in [2.24, 2.45) is 0 Å². The lowest BCUT2D eigenvalue weighted by Crippen LogP contribution is -2.38. The zero-order chi connectivity index (χ0) is 16.9. The van der Waals surface area contributed by atoms with Gasteiger partial charge in [-0.2, -0.15) is 10.2 Å². The number of benzene rings is 1. The van der Waals surface area contributed by atoms with Crippen molar-refractivity contribution < 1.29 is 0 Å². The Labute approximate surface area is 147 Å². The highest BCUT2D eigenvalue weighted by atomic mass is 15.3. The average molecular weight is 334 g/mol. The van der Waals surface area contributed by atoms with E-state index < -0.39 is 0 Å². The number of rotatable bonds is 6. The SMILES string of the molecule is c1ccc(-n2cc(CNC[C@@H]3CCCN3c3cccnn3)cn2)cc1. The van der Waals surface area contributed by atoms with Crippen molar-refractivity contribution in [2.45, 2.75) is 25.4 Å². The molecule has 0 spiro atoms. The number of nitrogens with one attached hydrogen (secondary N) is 1. The Morgan fingerprint density at radius 1 is 1.12 bits per heavy atom. The van der Waals surface area contributed by atoms with Gasteiger partial charge in [-0.1, -0.05) is 18.2 Å². The van der Waals surface area contributed by atoms with Crippen molar-refractivity contribution in [2.75, 3.05) is 18.0 Å². The lowest BCUT2D eigenvalue weighted by molar-refractivity contribution is 0.569. The van der Waals surface area contributed by atoms with Crippen molar-refractivity contribution >= 4 is 5.82 Å². The highest BCUT2D eigenvalue weighted by Gasteiger charge is 2.25. The maximum Gasteiger partial charge on any atom is 0.151 e. The van der Waals surface area contributed by atoms with Gasteiger partial charge in [0.05, 0.1) is 11.9 Å². The summed E-state index contributed by atoms with van der Waals surface area (Å²) in [4.78, 5) is 2.35. The lowest BCUT2D eigenvalue weighted by atomic mass is 10.2. The summed E-state index contributed by atoms with van der Waals surface area (Å²) < 4.78 is 1.92. The molecule has 1 aromatic carbocycles. The summed E-state index contributed by atoms with van der Waals surface area (Å²) >= 11 is 0. The minimum atomic E-state index is 0.473. The summed E-state index contributed by atoms with van der Waals surface area (Å²) in [6.45, 7) is 2.81. The van der Waals surface area contributed by atoms with E-state index in [4.69, 9.17) is 0 Å². The van der Waals surface area contributed by atoms with Gasteiger partial charge in [0.15, 0.2) is 5.82 Å². The molecule has 1 aliphatic heterocycles. The van der Waals surface area contributed by atoms with Gasteiger partial charge >= 0.3 is 0 Å². The van der Waals surface area contributed by atoms with Crippen LogP contribution in [-0.4, -0.2) is 39.1 Å². The maximum atomic E-state index is 4.45. The van der Waals surface area contributed by atoms with Crippen LogP contribution in [0.15, 0.2) is 61.1 Å². The fraction of sp³-hybridized carbons (Fsp3) is 0.316. The minimum absolute atomic E-state index is 0.473. The van der Waals surface area contributed by atoms with Gasteiger partial charge in [0.1, 0.15) is 0 Å². The molecule has 0 saturated carbocycles. The molecule has 3 aromatic rings. The summed E-state index contributed by atoms with van der Waals surface area (Å²) in [6.07, 6.45) is 8.12. The van der Waals surface area contributed by atoms with E-state index in [1.54, 1.807) is 6.20 Å². The summed E-state index contributed by atoms with van der Waals surface area (Å²) in [5.74, 6) is 0.976. The molecule has 2 aromatic heterocycles. The van der Waals surface area contributed by atoms with Crippen LogP contribution in [0.4, 0.5) is 5.82 Å². The third-order valence-corrected chi connectivity index (χ3v) is 4.60. The number of para-hydroxylation sites is 1. The maximum absolute atomic E-state index is 4.45. The molecule has 1 N–H and O–H groups in total. The van der Waals surface area contributed by atoms with Crippen LogP contribution in [0.2, 0.25) is 0 Å². The Morgan fingerprint density at radius 2 is 2.04 bits per heavy atom. The highest BCUT2D eigenvalue weighted by molar-refractivity contribution is 5.39. The van der Waals surface area contributed by atoms with Crippen LogP contribution in [0.1, 0.15) is 18.4 Å². The molecule has 1 fully saturated rings. The van der Waals surface area contributed by atoms with Crippen LogP contribution in [0.3, 0.4) is 0 Å². The van der Waals surface area contributed by atoms with E-state index in [2.05, 4.69) is 43.8 Å². The van der Waals surface area contributed by atoms with Gasteiger partial charge in [-0.3, -0.25) is 0 Å². The Morgan fingerprint density at radius 3 is 2.88 bits per heavy atom. The van der Waals surface area contributed by atoms with E-state index in [1.807, 2.05) is 41.2 Å². The van der Waals surface area contributed by atoms with Gasteiger partial charge in [0.25, 0.3) is 0 Å². The van der Waals surface area contributed by atoms with E-state index >= 15 is 0 Å². The largest absolute Gasteiger partial charge is 0.351 e. The molecule has 6 heteroatoms. The molecular formula is C19H22N6. The molecule has 25 heavy (non-hydrogen) atoms. The fourth-order valence-corrected chi connectivity index (χ4v) is 3.35. The predicted molar refractivity (Wildman–Crippen MR) is 97.7 cm³/mol. The number of hydrogen-bond acceptors (Lipinski definition) is 5. The lowest BCUT2D eigenvalue weighted by Gasteiger charge is -2.25. The first-order chi connectivity index (χ1) is 12.4. The van der Waals surface area contributed by atoms with Crippen LogP contribution in [-0.2, 0) is 6.54 Å². The molecule has 0 unspecified atom stereocenters. The fourth-order valence-electron chi connectivity index (χ4n) is 3.35. The number of nitrogens with zero attached hydrogens (tertiary/aromatic N) is 5. The van der Waals surface area contributed by atoms with E-state index in [9.17, 15) is 0 Å². The first-order valence-corrected chi connectivity index (χ1v) is 8.74. The monoisotopic (exact) mass is 334 g/mol. The molecule has 128 valence electrons. The third-order valence-electron chi connectivity index (χ3n) is 4.60. The zero-order valence-electron chi connectivity index (χ0n) is 14.1. The van der Waals surface area contributed by atoms with Gasteiger partial charge < -0.3 is 10.2 Å². The summed E-state index contributed by atoms with van der Waals surface area (Å²) in [5, 5.41) is 16.3. The van der Waals surface area contributed by atoms with E-state index in [0.717, 1.165) is 31.1 Å². The Balaban J connectivity index is 1.33. The van der Waals surface area contributed by atoms with E-state index in [-0.39, 0.29) is 0 Å². The molecule has 3 heterocycles. The molecule has 4 rings (SSSR count). The molecule has 1 aliphatic rings. The quantitative estimate of drug-likeness (QED) is 0.750. The van der Waals surface area contributed by atoms with E-state index in [0.29, 0.717) is 6.04 Å². The van der Waals surface area contributed by atoms with Crippen molar-refractivity contribution in [3.8, 4) is 5.69 Å². The van der Waals surface area contributed by atoms with Crippen molar-refractivity contribution in [1.82, 2.24) is 25.3 Å². The molecule has 1 atom stereocenters. The van der Waals surface area contributed by atoms with E-state index in [1.165, 1.54) is 18.4 Å².